The smallest absolute Gasteiger partial charge is 0.252 e. The van der Waals surface area contributed by atoms with Crippen LogP contribution >= 0.6 is 0 Å². The fraction of sp³-hybridized carbons (Fsp3) is 0.241. The van der Waals surface area contributed by atoms with E-state index < -0.39 is 30.4 Å². The Morgan fingerprint density at radius 2 is 1.77 bits per heavy atom. The summed E-state index contributed by atoms with van der Waals surface area (Å²) >= 11 is 0. The van der Waals surface area contributed by atoms with Crippen LogP contribution < -0.4 is 11.1 Å². The number of aromatic nitrogens is 5. The summed E-state index contributed by atoms with van der Waals surface area (Å²) in [5.74, 6) is -0.298. The van der Waals surface area contributed by atoms with Gasteiger partial charge in [0.2, 0.25) is 0 Å². The third-order valence-corrected chi connectivity index (χ3v) is 7.20. The largest absolute Gasteiger partial charge is 0.387 e. The van der Waals surface area contributed by atoms with Crippen molar-refractivity contribution in [1.29, 1.82) is 0 Å². The molecule has 204 valence electrons. The molecule has 0 spiro atoms. The van der Waals surface area contributed by atoms with Crippen LogP contribution in [0.15, 0.2) is 85.5 Å². The van der Waals surface area contributed by atoms with E-state index in [-0.39, 0.29) is 11.9 Å². The van der Waals surface area contributed by atoms with Gasteiger partial charge in [-0.3, -0.25) is 9.48 Å². The predicted molar refractivity (Wildman–Crippen MR) is 148 cm³/mol. The number of amides is 1. The number of aryl methyl sites for hydroxylation is 1. The molecule has 1 aliphatic rings. The van der Waals surface area contributed by atoms with Gasteiger partial charge in [-0.25, -0.2) is 9.97 Å². The van der Waals surface area contributed by atoms with Gasteiger partial charge in [-0.1, -0.05) is 60.7 Å². The number of nitrogens with one attached hydrogen (secondary N) is 1. The van der Waals surface area contributed by atoms with Gasteiger partial charge in [-0.2, -0.15) is 5.10 Å². The lowest BCUT2D eigenvalue weighted by molar-refractivity contribution is -0.138. The first-order valence-electron chi connectivity index (χ1n) is 12.9. The van der Waals surface area contributed by atoms with Crippen LogP contribution in [-0.4, -0.2) is 58.7 Å². The van der Waals surface area contributed by atoms with Gasteiger partial charge in [0.15, 0.2) is 12.3 Å². The maximum absolute atomic E-state index is 13.5. The second kappa shape index (κ2) is 10.5. The van der Waals surface area contributed by atoms with Crippen molar-refractivity contribution in [3.05, 3.63) is 96.6 Å². The third kappa shape index (κ3) is 4.70. The number of carbonyl (C=O) groups excluding carboxylic acids is 1. The number of anilines is 1. The second-order valence-electron chi connectivity index (χ2n) is 9.87. The molecule has 1 fully saturated rings. The standard InChI is InChI=1S/C29H29N7O4/c1-35-13-12-20(34-35)19-15-36(27-22(19)26(30)31-16-32-27)29-24(38)23(37)25(40-29)28(39)33-21(18-10-6-3-7-11-18)14-17-8-4-2-5-9-17/h2-13,15-16,21,23-25,29,37-38H,14H2,1H3,(H,33,39)(H2,30,31,32)/t21?,23-,24+,25-,29+/m0/s1. The molecule has 1 unspecified atom stereocenters. The van der Waals surface area contributed by atoms with E-state index in [2.05, 4.69) is 20.4 Å². The molecule has 11 heteroatoms. The van der Waals surface area contributed by atoms with Crippen LogP contribution in [0.3, 0.4) is 0 Å². The van der Waals surface area contributed by atoms with Crippen molar-refractivity contribution in [3.63, 3.8) is 0 Å². The molecule has 0 radical (unpaired) electrons. The van der Waals surface area contributed by atoms with Gasteiger partial charge in [0.05, 0.1) is 17.1 Å². The number of aliphatic hydroxyl groups excluding tert-OH is 2. The van der Waals surface area contributed by atoms with Crippen LogP contribution in [0.25, 0.3) is 22.3 Å². The fourth-order valence-electron chi connectivity index (χ4n) is 5.20. The molecular weight excluding hydrogens is 510 g/mol. The Morgan fingerprint density at radius 3 is 2.48 bits per heavy atom. The van der Waals surface area contributed by atoms with Crippen LogP contribution in [-0.2, 0) is 23.0 Å². The summed E-state index contributed by atoms with van der Waals surface area (Å²) in [7, 11) is 1.80. The predicted octanol–water partition coefficient (Wildman–Crippen LogP) is 2.13. The maximum Gasteiger partial charge on any atom is 0.252 e. The lowest BCUT2D eigenvalue weighted by Crippen LogP contribution is -2.44. The van der Waals surface area contributed by atoms with Gasteiger partial charge in [-0.15, -0.1) is 0 Å². The molecule has 11 nitrogen and oxygen atoms in total. The average molecular weight is 540 g/mol. The van der Waals surface area contributed by atoms with Crippen LogP contribution in [0.1, 0.15) is 23.4 Å². The van der Waals surface area contributed by atoms with Gasteiger partial charge in [0.1, 0.15) is 30.0 Å². The summed E-state index contributed by atoms with van der Waals surface area (Å²) in [4.78, 5) is 22.0. The quantitative estimate of drug-likeness (QED) is 0.245. The summed E-state index contributed by atoms with van der Waals surface area (Å²) in [6, 6.07) is 20.9. The molecule has 2 aromatic carbocycles. The van der Waals surface area contributed by atoms with Crippen LogP contribution in [0.4, 0.5) is 5.82 Å². The molecule has 6 rings (SSSR count). The number of nitrogens with zero attached hydrogens (tertiary/aromatic N) is 5. The number of carbonyl (C=O) groups is 1. The molecular formula is C29H29N7O4. The van der Waals surface area contributed by atoms with Crippen LogP contribution in [0.2, 0.25) is 0 Å². The molecule has 5 N–H and O–H groups in total. The molecule has 0 aliphatic carbocycles. The number of benzene rings is 2. The zero-order valence-corrected chi connectivity index (χ0v) is 21.7. The minimum atomic E-state index is -1.48. The van der Waals surface area contributed by atoms with Crippen molar-refractivity contribution in [3.8, 4) is 11.3 Å². The summed E-state index contributed by atoms with van der Waals surface area (Å²) in [5, 5.41) is 30.0. The number of nitrogen functional groups attached to an aromatic ring is 1. The first-order valence-corrected chi connectivity index (χ1v) is 12.9. The van der Waals surface area contributed by atoms with Crippen molar-refractivity contribution >= 4 is 22.8 Å². The highest BCUT2D eigenvalue weighted by Gasteiger charge is 2.48. The lowest BCUT2D eigenvalue weighted by atomic mass is 9.98. The van der Waals surface area contributed by atoms with Crippen molar-refractivity contribution in [2.24, 2.45) is 7.05 Å². The van der Waals surface area contributed by atoms with Gasteiger partial charge in [-0.05, 0) is 23.6 Å². The van der Waals surface area contributed by atoms with E-state index in [1.54, 1.807) is 28.7 Å². The van der Waals surface area contributed by atoms with Gasteiger partial charge >= 0.3 is 0 Å². The topological polar surface area (TPSA) is 153 Å². The van der Waals surface area contributed by atoms with Gasteiger partial charge < -0.3 is 30.6 Å². The number of aliphatic hydroxyl groups is 2. The molecule has 1 saturated heterocycles. The fourth-order valence-corrected chi connectivity index (χ4v) is 5.20. The Kier molecular flexibility index (Phi) is 6.76. The average Bonchev–Trinajstić information content (AvgIpc) is 3.65. The zero-order chi connectivity index (χ0) is 27.8. The molecule has 1 aliphatic heterocycles. The van der Waals surface area contributed by atoms with E-state index in [4.69, 9.17) is 10.5 Å². The number of fused-ring (bicyclic) bond motifs is 1. The highest BCUT2D eigenvalue weighted by molar-refractivity contribution is 5.99. The highest BCUT2D eigenvalue weighted by Crippen LogP contribution is 2.38. The van der Waals surface area contributed by atoms with E-state index >= 15 is 0 Å². The van der Waals surface area contributed by atoms with Crippen molar-refractivity contribution in [1.82, 2.24) is 29.6 Å². The number of hydrogen-bond acceptors (Lipinski definition) is 8. The number of rotatable bonds is 7. The molecule has 0 bridgehead atoms. The second-order valence-corrected chi connectivity index (χ2v) is 9.87. The van der Waals surface area contributed by atoms with E-state index in [0.717, 1.165) is 11.1 Å². The summed E-state index contributed by atoms with van der Waals surface area (Å²) in [5.41, 5.74) is 9.81. The minimum Gasteiger partial charge on any atom is -0.387 e. The zero-order valence-electron chi connectivity index (χ0n) is 21.7. The van der Waals surface area contributed by atoms with Crippen LogP contribution in [0.5, 0.6) is 0 Å². The maximum atomic E-state index is 13.5. The molecule has 1 amide bonds. The van der Waals surface area contributed by atoms with Crippen molar-refractivity contribution in [2.45, 2.75) is 37.0 Å². The summed E-state index contributed by atoms with van der Waals surface area (Å²) in [6.07, 6.45) is 0.0186. The van der Waals surface area contributed by atoms with E-state index in [0.29, 0.717) is 28.7 Å². The summed E-state index contributed by atoms with van der Waals surface area (Å²) in [6.45, 7) is 0. The van der Waals surface area contributed by atoms with E-state index in [1.165, 1.54) is 6.33 Å². The van der Waals surface area contributed by atoms with E-state index in [9.17, 15) is 15.0 Å². The van der Waals surface area contributed by atoms with Gasteiger partial charge in [0, 0.05) is 25.0 Å². The molecule has 0 saturated carbocycles. The minimum absolute atomic E-state index is 0.235. The van der Waals surface area contributed by atoms with Crippen molar-refractivity contribution < 1.29 is 19.7 Å². The van der Waals surface area contributed by atoms with Crippen LogP contribution in [0, 0.1) is 0 Å². The molecule has 40 heavy (non-hydrogen) atoms. The molecule has 5 aromatic rings. The number of ether oxygens (including phenoxy) is 1. The van der Waals surface area contributed by atoms with E-state index in [1.807, 2.05) is 66.7 Å². The SMILES string of the molecule is Cn1ccc(-c2cn([C@@H]3O[C@H](C(=O)NC(Cc4ccccc4)c4ccccc4)[C@@H](O)[C@H]3O)c3ncnc(N)c23)n1. The monoisotopic (exact) mass is 539 g/mol. The Bertz CT molecular complexity index is 1640. The first kappa shape index (κ1) is 25.7. The number of hydrogen-bond donors (Lipinski definition) is 4. The summed E-state index contributed by atoms with van der Waals surface area (Å²) < 4.78 is 9.27. The lowest BCUT2D eigenvalue weighted by Gasteiger charge is -2.22. The normalized spacial score (nSPS) is 21.5. The Labute approximate surface area is 229 Å². The first-order chi connectivity index (χ1) is 19.4. The third-order valence-electron chi connectivity index (χ3n) is 7.20. The molecule has 4 heterocycles. The Morgan fingerprint density at radius 1 is 1.05 bits per heavy atom. The Hall–Kier alpha value is -4.58. The van der Waals surface area contributed by atoms with Crippen molar-refractivity contribution in [2.75, 3.05) is 5.73 Å². The molecule has 5 atom stereocenters. The Balaban J connectivity index is 1.30. The van der Waals surface area contributed by atoms with Gasteiger partial charge in [0.25, 0.3) is 5.91 Å². The number of nitrogens with two attached hydrogens (primary N) is 1. The highest BCUT2D eigenvalue weighted by atomic mass is 16.6. The molecule has 3 aromatic heterocycles.